The summed E-state index contributed by atoms with van der Waals surface area (Å²) in [5, 5.41) is 1.19. The number of methoxy groups -OCH3 is 1. The number of amides is 1. The summed E-state index contributed by atoms with van der Waals surface area (Å²) in [6.07, 6.45) is 2.07. The molecule has 2 aromatic carbocycles. The monoisotopic (exact) mass is 928 g/mol. The first-order valence-electron chi connectivity index (χ1n) is 23.6. The Morgan fingerprint density at radius 2 is 1.74 bits per heavy atom. The molecule has 4 fully saturated rings. The van der Waals surface area contributed by atoms with Crippen LogP contribution in [0.25, 0.3) is 32.9 Å². The third-order valence-corrected chi connectivity index (χ3v) is 21.2. The molecule has 7 heterocycles. The van der Waals surface area contributed by atoms with E-state index in [1.165, 1.54) is 13.2 Å². The minimum Gasteiger partial charge on any atom is -0.475 e. The lowest BCUT2D eigenvalue weighted by Crippen LogP contribution is -2.63. The van der Waals surface area contributed by atoms with E-state index in [0.29, 0.717) is 48.3 Å². The fourth-order valence-corrected chi connectivity index (χ4v) is 17.3. The number of hydrogen-bond donors (Lipinski definition) is 0. The summed E-state index contributed by atoms with van der Waals surface area (Å²) >= 11 is 0. The second-order valence-electron chi connectivity index (χ2n) is 20.9. The van der Waals surface area contributed by atoms with Crippen LogP contribution in [-0.4, -0.2) is 121 Å². The van der Waals surface area contributed by atoms with Crippen molar-refractivity contribution in [1.82, 2.24) is 24.8 Å². The zero-order valence-electron chi connectivity index (χ0n) is 39.9. The molecular formula is C50H63F3N6O6Si. The third-order valence-electron chi connectivity index (χ3n) is 14.9. The van der Waals surface area contributed by atoms with E-state index in [0.717, 1.165) is 25.8 Å². The molecule has 354 valence electrons. The zero-order valence-corrected chi connectivity index (χ0v) is 40.9. The van der Waals surface area contributed by atoms with Crippen molar-refractivity contribution >= 4 is 41.7 Å². The maximum absolute atomic E-state index is 18.1. The molecule has 4 saturated heterocycles. The summed E-state index contributed by atoms with van der Waals surface area (Å²) in [7, 11) is -0.860. The number of benzene rings is 2. The third kappa shape index (κ3) is 7.90. The van der Waals surface area contributed by atoms with Crippen molar-refractivity contribution in [1.29, 1.82) is 0 Å². The van der Waals surface area contributed by atoms with E-state index in [2.05, 4.69) is 62.8 Å². The predicted molar refractivity (Wildman–Crippen MR) is 251 cm³/mol. The number of halogens is 3. The van der Waals surface area contributed by atoms with Gasteiger partial charge in [-0.3, -0.25) is 9.80 Å². The molecule has 12 nitrogen and oxygen atoms in total. The molecule has 5 aliphatic heterocycles. The van der Waals surface area contributed by atoms with Crippen molar-refractivity contribution in [2.24, 2.45) is 0 Å². The van der Waals surface area contributed by atoms with Crippen molar-refractivity contribution in [2.45, 2.75) is 146 Å². The predicted octanol–water partition coefficient (Wildman–Crippen LogP) is 9.98. The molecule has 9 rings (SSSR count). The number of pyridine rings is 1. The maximum Gasteiger partial charge on any atom is 0.410 e. The molecule has 5 aliphatic rings. The van der Waals surface area contributed by atoms with Gasteiger partial charge in [0.25, 0.3) is 0 Å². The number of alkyl halides is 1. The summed E-state index contributed by atoms with van der Waals surface area (Å²) < 4.78 is 79.9. The molecule has 0 N–H and O–H groups in total. The number of rotatable bonds is 10. The van der Waals surface area contributed by atoms with E-state index in [-0.39, 0.29) is 88.3 Å². The first-order valence-corrected chi connectivity index (χ1v) is 25.8. The molecule has 0 saturated carbocycles. The highest BCUT2D eigenvalue weighted by Crippen LogP contribution is 2.48. The normalized spacial score (nSPS) is 23.9. The van der Waals surface area contributed by atoms with Crippen LogP contribution in [0, 0.1) is 23.1 Å². The summed E-state index contributed by atoms with van der Waals surface area (Å²) in [5.41, 5.74) is 3.43. The molecule has 0 unspecified atom stereocenters. The molecular weight excluding hydrogens is 866 g/mol. The molecule has 0 radical (unpaired) electrons. The molecule has 5 atom stereocenters. The Bertz CT molecular complexity index is 2590. The summed E-state index contributed by atoms with van der Waals surface area (Å²) in [6.45, 7) is 20.3. The number of ether oxygens (including phenoxy) is 5. The maximum atomic E-state index is 18.1. The van der Waals surface area contributed by atoms with Gasteiger partial charge in [0.2, 0.25) is 5.88 Å². The molecule has 2 bridgehead atoms. The van der Waals surface area contributed by atoms with E-state index >= 15 is 8.78 Å². The van der Waals surface area contributed by atoms with Gasteiger partial charge in [-0.2, -0.15) is 9.97 Å². The minimum atomic E-state index is -2.36. The Morgan fingerprint density at radius 1 is 0.985 bits per heavy atom. The first-order chi connectivity index (χ1) is 31.4. The number of nitrogens with zero attached hydrogens (tertiary/aromatic N) is 6. The summed E-state index contributed by atoms with van der Waals surface area (Å²) in [5.74, 6) is 2.81. The summed E-state index contributed by atoms with van der Waals surface area (Å²) in [6, 6.07) is 5.41. The second-order valence-corrected chi connectivity index (χ2v) is 26.5. The van der Waals surface area contributed by atoms with E-state index in [4.69, 9.17) is 38.6 Å². The van der Waals surface area contributed by atoms with Crippen molar-refractivity contribution in [3.63, 3.8) is 0 Å². The number of piperazine rings is 1. The van der Waals surface area contributed by atoms with Crippen LogP contribution in [0.5, 0.6) is 17.6 Å². The average Bonchev–Trinajstić information content (AvgIpc) is 3.86. The zero-order chi connectivity index (χ0) is 47.0. The fraction of sp³-hybridized carbons (Fsp3) is 0.600. The van der Waals surface area contributed by atoms with Gasteiger partial charge in [-0.15, -0.1) is 5.54 Å². The first kappa shape index (κ1) is 46.3. The van der Waals surface area contributed by atoms with E-state index in [1.54, 1.807) is 18.2 Å². The Balaban J connectivity index is 1.25. The van der Waals surface area contributed by atoms with Crippen LogP contribution in [0.3, 0.4) is 0 Å². The van der Waals surface area contributed by atoms with Gasteiger partial charge in [0.1, 0.15) is 67.0 Å². The molecule has 4 aromatic rings. The van der Waals surface area contributed by atoms with Gasteiger partial charge in [-0.05, 0) is 93.2 Å². The van der Waals surface area contributed by atoms with E-state index in [1.807, 2.05) is 25.7 Å². The van der Waals surface area contributed by atoms with Gasteiger partial charge in [0, 0.05) is 37.6 Å². The topological polar surface area (TPSA) is 112 Å². The van der Waals surface area contributed by atoms with Gasteiger partial charge in [-0.25, -0.2) is 22.9 Å². The largest absolute Gasteiger partial charge is 0.475 e. The number of fused-ring (bicyclic) bond motifs is 7. The number of carbonyl (C=O) groups is 1. The average molecular weight is 929 g/mol. The molecule has 0 spiro atoms. The SMILES string of the molecule is COCOc1cc(-c2nc3c4c(nc(OC[C@@]56CCCN5C[C@@H](F)C6)nc4c2F)N2C[C@H]4CC[C@@H]([C@@H]2CO3)N4C(=O)OC(C)(C)C)c2c(C#C[Si](C(C)C)(C(C)C)C(C)C)c(F)ccc2c1. The van der Waals surface area contributed by atoms with Gasteiger partial charge >= 0.3 is 12.1 Å². The number of anilines is 1. The number of hydrogen-bond acceptors (Lipinski definition) is 11. The smallest absolute Gasteiger partial charge is 0.410 e. The Hall–Kier alpha value is -4.85. The Kier molecular flexibility index (Phi) is 12.2. The van der Waals surface area contributed by atoms with Gasteiger partial charge in [0.15, 0.2) is 12.6 Å². The van der Waals surface area contributed by atoms with Crippen LogP contribution in [0.4, 0.5) is 23.8 Å². The van der Waals surface area contributed by atoms with Crippen LogP contribution >= 0.6 is 0 Å². The lowest BCUT2D eigenvalue weighted by molar-refractivity contribution is 0.00537. The van der Waals surface area contributed by atoms with Crippen molar-refractivity contribution < 1.29 is 41.7 Å². The van der Waals surface area contributed by atoms with Crippen molar-refractivity contribution in [3.05, 3.63) is 41.5 Å². The van der Waals surface area contributed by atoms with Crippen molar-refractivity contribution in [2.75, 3.05) is 51.7 Å². The Labute approximate surface area is 386 Å². The molecule has 1 amide bonds. The number of carbonyl (C=O) groups excluding carboxylic acids is 1. The van der Waals surface area contributed by atoms with E-state index < -0.39 is 49.2 Å². The lowest BCUT2D eigenvalue weighted by atomic mass is 9.95. The van der Waals surface area contributed by atoms with Crippen LogP contribution < -0.4 is 19.1 Å². The molecule has 66 heavy (non-hydrogen) atoms. The highest BCUT2D eigenvalue weighted by Gasteiger charge is 2.53. The van der Waals surface area contributed by atoms with Crippen LogP contribution in [-0.2, 0) is 9.47 Å². The highest BCUT2D eigenvalue weighted by atomic mass is 28.3. The van der Waals surface area contributed by atoms with E-state index in [9.17, 15) is 9.18 Å². The molecule has 2 aromatic heterocycles. The lowest BCUT2D eigenvalue weighted by Gasteiger charge is -2.46. The second kappa shape index (κ2) is 17.3. The quantitative estimate of drug-likeness (QED) is 0.0861. The summed E-state index contributed by atoms with van der Waals surface area (Å²) in [4.78, 5) is 34.6. The highest BCUT2D eigenvalue weighted by molar-refractivity contribution is 6.90. The van der Waals surface area contributed by atoms with Gasteiger partial charge < -0.3 is 28.6 Å². The van der Waals surface area contributed by atoms with Gasteiger partial charge in [-0.1, -0.05) is 53.5 Å². The molecule has 0 aliphatic carbocycles. The fourth-order valence-electron chi connectivity index (χ4n) is 12.1. The van der Waals surface area contributed by atoms with Crippen LogP contribution in [0.15, 0.2) is 24.3 Å². The molecule has 16 heteroatoms. The number of aromatic nitrogens is 3. The van der Waals surface area contributed by atoms with Crippen molar-refractivity contribution in [3.8, 4) is 40.4 Å². The standard InChI is InChI=1S/C50H63F3N6O6Si/c1-28(2)66(29(3)4,30(5)6)19-16-35-37(52)14-12-31-20-34(64-27-61-10)21-36(40(31)35)43-42(53)44-41-45(56-47(55-44)63-26-50-17-11-18-57(50)23-32(51)22-50)58-24-33-13-15-38(39(58)25-62-46(41)54-43)59(33)48(60)65-49(7,8)9/h12,14,20-21,28-30,32-33,38-39H,11,13,15,17-18,22-27H2,1-10H3/t32-,33+,38-,39-,50-/m0/s1. The van der Waals surface area contributed by atoms with Gasteiger partial charge in [0.05, 0.1) is 29.2 Å². The Morgan fingerprint density at radius 3 is 2.45 bits per heavy atom. The van der Waals surface area contributed by atoms with Crippen LogP contribution in [0.1, 0.15) is 100.0 Å². The van der Waals surface area contributed by atoms with Crippen LogP contribution in [0.2, 0.25) is 16.6 Å². The minimum absolute atomic E-state index is 0.0670.